The van der Waals surface area contributed by atoms with Gasteiger partial charge in [-0.1, -0.05) is 6.92 Å². The van der Waals surface area contributed by atoms with E-state index >= 15 is 0 Å². The predicted octanol–water partition coefficient (Wildman–Crippen LogP) is 1.87. The average Bonchev–Trinajstić information content (AvgIpc) is 2.85. The Labute approximate surface area is 119 Å². The van der Waals surface area contributed by atoms with Crippen LogP contribution in [0.1, 0.15) is 12.6 Å². The molecule has 20 heavy (non-hydrogen) atoms. The van der Waals surface area contributed by atoms with Gasteiger partial charge in [0.1, 0.15) is 0 Å². The molecule has 0 unspecified atom stereocenters. The lowest BCUT2D eigenvalue weighted by Crippen LogP contribution is -2.08. The number of nitrogens with zero attached hydrogens (tertiary/aromatic N) is 2. The minimum absolute atomic E-state index is 0.125. The molecule has 0 atom stereocenters. The molecule has 0 amide bonds. The van der Waals surface area contributed by atoms with E-state index in [4.69, 9.17) is 0 Å². The van der Waals surface area contributed by atoms with Crippen molar-refractivity contribution in [2.45, 2.75) is 18.2 Å². The van der Waals surface area contributed by atoms with Crippen molar-refractivity contribution >= 4 is 15.5 Å². The van der Waals surface area contributed by atoms with Crippen molar-refractivity contribution in [1.29, 1.82) is 0 Å². The standard InChI is InChI=1S/C14H19N3O2S/c1-3-20(18,19)14-6-4-12(5-7-14)15-10-8-13-9-11-16-17(13)2/h4-7,9,11,15H,3,8,10H2,1-2H3. The fourth-order valence-electron chi connectivity index (χ4n) is 1.93. The topological polar surface area (TPSA) is 64.0 Å². The molecule has 1 aromatic carbocycles. The molecule has 2 aromatic rings. The first-order valence-corrected chi connectivity index (χ1v) is 8.22. The van der Waals surface area contributed by atoms with Gasteiger partial charge in [0.2, 0.25) is 0 Å². The summed E-state index contributed by atoms with van der Waals surface area (Å²) < 4.78 is 25.2. The normalized spacial score (nSPS) is 11.5. The second-order valence-electron chi connectivity index (χ2n) is 4.55. The van der Waals surface area contributed by atoms with Crippen LogP contribution >= 0.6 is 0 Å². The zero-order valence-corrected chi connectivity index (χ0v) is 12.5. The maximum absolute atomic E-state index is 11.7. The highest BCUT2D eigenvalue weighted by atomic mass is 32.2. The molecule has 0 spiro atoms. The van der Waals surface area contributed by atoms with Crippen LogP contribution in [-0.4, -0.2) is 30.5 Å². The van der Waals surface area contributed by atoms with E-state index < -0.39 is 9.84 Å². The van der Waals surface area contributed by atoms with Crippen molar-refractivity contribution in [1.82, 2.24) is 9.78 Å². The third kappa shape index (κ3) is 3.39. The maximum atomic E-state index is 11.7. The van der Waals surface area contributed by atoms with Crippen LogP contribution < -0.4 is 5.32 Å². The summed E-state index contributed by atoms with van der Waals surface area (Å²) in [4.78, 5) is 0.372. The highest BCUT2D eigenvalue weighted by Gasteiger charge is 2.10. The van der Waals surface area contributed by atoms with E-state index in [1.54, 1.807) is 37.4 Å². The van der Waals surface area contributed by atoms with Gasteiger partial charge in [-0.15, -0.1) is 0 Å². The van der Waals surface area contributed by atoms with Crippen molar-refractivity contribution in [3.63, 3.8) is 0 Å². The van der Waals surface area contributed by atoms with E-state index in [1.807, 2.05) is 17.8 Å². The number of aromatic nitrogens is 2. The van der Waals surface area contributed by atoms with Gasteiger partial charge < -0.3 is 5.32 Å². The minimum atomic E-state index is -3.12. The number of hydrogen-bond donors (Lipinski definition) is 1. The lowest BCUT2D eigenvalue weighted by atomic mass is 10.3. The number of rotatable bonds is 6. The molecule has 0 aliphatic carbocycles. The quantitative estimate of drug-likeness (QED) is 0.883. The molecule has 108 valence electrons. The van der Waals surface area contributed by atoms with E-state index in [-0.39, 0.29) is 5.75 Å². The number of nitrogens with one attached hydrogen (secondary N) is 1. The summed E-state index contributed by atoms with van der Waals surface area (Å²) in [6.07, 6.45) is 2.64. The first-order chi connectivity index (χ1) is 9.53. The number of sulfone groups is 1. The Kier molecular flexibility index (Phi) is 4.44. The van der Waals surface area contributed by atoms with Gasteiger partial charge >= 0.3 is 0 Å². The van der Waals surface area contributed by atoms with E-state index in [0.717, 1.165) is 24.3 Å². The van der Waals surface area contributed by atoms with Gasteiger partial charge in [-0.25, -0.2) is 8.42 Å². The van der Waals surface area contributed by atoms with Crippen LogP contribution in [0, 0.1) is 0 Å². The Hall–Kier alpha value is -1.82. The largest absolute Gasteiger partial charge is 0.385 e. The summed E-state index contributed by atoms with van der Waals surface area (Å²) in [6.45, 7) is 2.43. The number of anilines is 1. The van der Waals surface area contributed by atoms with E-state index in [9.17, 15) is 8.42 Å². The predicted molar refractivity (Wildman–Crippen MR) is 79.6 cm³/mol. The fourth-order valence-corrected chi connectivity index (χ4v) is 2.81. The van der Waals surface area contributed by atoms with Gasteiger partial charge in [-0.05, 0) is 30.3 Å². The number of benzene rings is 1. The molecule has 6 heteroatoms. The van der Waals surface area contributed by atoms with Gasteiger partial charge in [0.25, 0.3) is 0 Å². The van der Waals surface area contributed by atoms with Crippen molar-refractivity contribution < 1.29 is 8.42 Å². The molecule has 5 nitrogen and oxygen atoms in total. The summed E-state index contributed by atoms with van der Waals surface area (Å²) in [5.41, 5.74) is 2.07. The van der Waals surface area contributed by atoms with Gasteiger partial charge in [0, 0.05) is 37.6 Å². The van der Waals surface area contributed by atoms with Gasteiger partial charge in [-0.2, -0.15) is 5.10 Å². The van der Waals surface area contributed by atoms with E-state index in [1.165, 1.54) is 0 Å². The molecule has 0 radical (unpaired) electrons. The average molecular weight is 293 g/mol. The molecule has 0 bridgehead atoms. The number of hydrogen-bond acceptors (Lipinski definition) is 4. The summed E-state index contributed by atoms with van der Waals surface area (Å²) in [5, 5.41) is 7.38. The zero-order chi connectivity index (χ0) is 14.6. The number of aryl methyl sites for hydroxylation is 1. The van der Waals surface area contributed by atoms with Gasteiger partial charge in [0.05, 0.1) is 10.6 Å². The van der Waals surface area contributed by atoms with Crippen LogP contribution in [0.2, 0.25) is 0 Å². The first kappa shape index (κ1) is 14.6. The van der Waals surface area contributed by atoms with Crippen LogP contribution in [-0.2, 0) is 23.3 Å². The van der Waals surface area contributed by atoms with E-state index in [2.05, 4.69) is 10.4 Å². The summed E-state index contributed by atoms with van der Waals surface area (Å²) in [7, 11) is -1.20. The lowest BCUT2D eigenvalue weighted by molar-refractivity contribution is 0.597. The van der Waals surface area contributed by atoms with Crippen molar-refractivity contribution in [2.75, 3.05) is 17.6 Å². The summed E-state index contributed by atoms with van der Waals surface area (Å²) >= 11 is 0. The molecule has 1 N–H and O–H groups in total. The Bertz CT molecular complexity index is 660. The molecule has 0 aliphatic rings. The molecule has 0 fully saturated rings. The van der Waals surface area contributed by atoms with Crippen LogP contribution in [0.3, 0.4) is 0 Å². The SMILES string of the molecule is CCS(=O)(=O)c1ccc(NCCc2ccnn2C)cc1. The molecule has 1 heterocycles. The highest BCUT2D eigenvalue weighted by molar-refractivity contribution is 7.91. The second-order valence-corrected chi connectivity index (χ2v) is 6.83. The molecular weight excluding hydrogens is 274 g/mol. The minimum Gasteiger partial charge on any atom is -0.385 e. The first-order valence-electron chi connectivity index (χ1n) is 6.56. The molecule has 1 aromatic heterocycles. The van der Waals surface area contributed by atoms with Crippen LogP contribution in [0.5, 0.6) is 0 Å². The van der Waals surface area contributed by atoms with Crippen LogP contribution in [0.15, 0.2) is 41.4 Å². The van der Waals surface area contributed by atoms with Gasteiger partial charge in [-0.3, -0.25) is 4.68 Å². The third-order valence-corrected chi connectivity index (χ3v) is 4.98. The highest BCUT2D eigenvalue weighted by Crippen LogP contribution is 2.15. The Balaban J connectivity index is 1.93. The van der Waals surface area contributed by atoms with Crippen LogP contribution in [0.25, 0.3) is 0 Å². The fraction of sp³-hybridized carbons (Fsp3) is 0.357. The van der Waals surface area contributed by atoms with Crippen molar-refractivity contribution in [3.05, 3.63) is 42.2 Å². The Morgan fingerprint density at radius 1 is 1.20 bits per heavy atom. The van der Waals surface area contributed by atoms with Crippen molar-refractivity contribution in [3.8, 4) is 0 Å². The summed E-state index contributed by atoms with van der Waals surface area (Å²) in [5.74, 6) is 0.125. The molecule has 0 aliphatic heterocycles. The van der Waals surface area contributed by atoms with E-state index in [0.29, 0.717) is 4.90 Å². The lowest BCUT2D eigenvalue weighted by Gasteiger charge is -2.08. The zero-order valence-electron chi connectivity index (χ0n) is 11.7. The smallest absolute Gasteiger partial charge is 0.178 e. The Morgan fingerprint density at radius 3 is 2.45 bits per heavy atom. The molecule has 0 saturated heterocycles. The monoisotopic (exact) mass is 293 g/mol. The molecule has 0 saturated carbocycles. The maximum Gasteiger partial charge on any atom is 0.178 e. The summed E-state index contributed by atoms with van der Waals surface area (Å²) in [6, 6.07) is 8.87. The third-order valence-electron chi connectivity index (χ3n) is 3.23. The van der Waals surface area contributed by atoms with Crippen molar-refractivity contribution in [2.24, 2.45) is 7.05 Å². The van der Waals surface area contributed by atoms with Gasteiger partial charge in [0.15, 0.2) is 9.84 Å². The molecular formula is C14H19N3O2S. The second kappa shape index (κ2) is 6.09. The molecule has 2 rings (SSSR count). The van der Waals surface area contributed by atoms with Crippen LogP contribution in [0.4, 0.5) is 5.69 Å². The Morgan fingerprint density at radius 2 is 1.90 bits per heavy atom.